The van der Waals surface area contributed by atoms with Crippen molar-refractivity contribution in [3.05, 3.63) is 23.6 Å². The van der Waals surface area contributed by atoms with Crippen LogP contribution in [0.5, 0.6) is 0 Å². The second-order valence-corrected chi connectivity index (χ2v) is 3.86. The standard InChI is InChI=1S/C11H16N4O2/c1-3-5-8-12-14-10(16-8)7-11-15-13-9(17-11)6-4-2/h3-7H2,1-2H3. The molecule has 0 aliphatic rings. The Morgan fingerprint density at radius 2 is 1.12 bits per heavy atom. The highest BCUT2D eigenvalue weighted by Crippen LogP contribution is 2.09. The van der Waals surface area contributed by atoms with Crippen molar-refractivity contribution in [2.75, 3.05) is 0 Å². The maximum Gasteiger partial charge on any atom is 0.225 e. The predicted molar refractivity (Wildman–Crippen MR) is 59.4 cm³/mol. The maximum absolute atomic E-state index is 5.45. The zero-order chi connectivity index (χ0) is 12.1. The Balaban J connectivity index is 1.98. The summed E-state index contributed by atoms with van der Waals surface area (Å²) in [6, 6.07) is 0. The topological polar surface area (TPSA) is 77.8 Å². The molecule has 0 aromatic carbocycles. The molecule has 0 aliphatic heterocycles. The minimum absolute atomic E-state index is 0.410. The Bertz CT molecular complexity index is 421. The molecule has 17 heavy (non-hydrogen) atoms. The van der Waals surface area contributed by atoms with Crippen molar-refractivity contribution in [2.24, 2.45) is 0 Å². The van der Waals surface area contributed by atoms with Crippen LogP contribution in [0.2, 0.25) is 0 Å². The summed E-state index contributed by atoms with van der Waals surface area (Å²) in [4.78, 5) is 0. The Morgan fingerprint density at radius 1 is 0.706 bits per heavy atom. The van der Waals surface area contributed by atoms with Crippen LogP contribution < -0.4 is 0 Å². The fourth-order valence-electron chi connectivity index (χ4n) is 1.48. The molecule has 92 valence electrons. The molecule has 0 spiro atoms. The summed E-state index contributed by atoms with van der Waals surface area (Å²) in [6.07, 6.45) is 3.99. The van der Waals surface area contributed by atoms with E-state index in [1.54, 1.807) is 0 Å². The molecular formula is C11H16N4O2. The van der Waals surface area contributed by atoms with Crippen LogP contribution in [0.1, 0.15) is 50.3 Å². The van der Waals surface area contributed by atoms with Crippen molar-refractivity contribution < 1.29 is 8.83 Å². The second kappa shape index (κ2) is 5.56. The largest absolute Gasteiger partial charge is 0.425 e. The molecule has 0 atom stereocenters. The van der Waals surface area contributed by atoms with Gasteiger partial charge in [0.05, 0.1) is 0 Å². The van der Waals surface area contributed by atoms with E-state index in [9.17, 15) is 0 Å². The molecule has 2 heterocycles. The van der Waals surface area contributed by atoms with E-state index in [1.165, 1.54) is 0 Å². The van der Waals surface area contributed by atoms with Gasteiger partial charge in [-0.05, 0) is 12.8 Å². The molecule has 0 bridgehead atoms. The van der Waals surface area contributed by atoms with Gasteiger partial charge >= 0.3 is 0 Å². The summed E-state index contributed by atoms with van der Waals surface area (Å²) in [7, 11) is 0. The van der Waals surface area contributed by atoms with E-state index in [-0.39, 0.29) is 0 Å². The van der Waals surface area contributed by atoms with Gasteiger partial charge in [0.1, 0.15) is 6.42 Å². The SMILES string of the molecule is CCCc1nnc(Cc2nnc(CCC)o2)o1. The number of aromatic nitrogens is 4. The average molecular weight is 236 g/mol. The van der Waals surface area contributed by atoms with E-state index < -0.39 is 0 Å². The molecule has 6 heteroatoms. The van der Waals surface area contributed by atoms with Gasteiger partial charge in [0.15, 0.2) is 0 Å². The van der Waals surface area contributed by atoms with Crippen molar-refractivity contribution in [3.63, 3.8) is 0 Å². The Kier molecular flexibility index (Phi) is 3.85. The lowest BCUT2D eigenvalue weighted by molar-refractivity contribution is 0.415. The number of nitrogens with zero attached hydrogens (tertiary/aromatic N) is 4. The van der Waals surface area contributed by atoms with Crippen LogP contribution in [0.15, 0.2) is 8.83 Å². The minimum Gasteiger partial charge on any atom is -0.425 e. The van der Waals surface area contributed by atoms with Crippen molar-refractivity contribution in [1.29, 1.82) is 0 Å². The van der Waals surface area contributed by atoms with Crippen LogP contribution in [-0.4, -0.2) is 20.4 Å². The lowest BCUT2D eigenvalue weighted by atomic mass is 10.3. The quantitative estimate of drug-likeness (QED) is 0.762. The summed E-state index contributed by atoms with van der Waals surface area (Å²) in [5, 5.41) is 15.8. The van der Waals surface area contributed by atoms with Crippen LogP contribution in [0.25, 0.3) is 0 Å². The van der Waals surface area contributed by atoms with Crippen molar-refractivity contribution in [3.8, 4) is 0 Å². The second-order valence-electron chi connectivity index (χ2n) is 3.86. The Morgan fingerprint density at radius 3 is 1.53 bits per heavy atom. The molecule has 2 aromatic rings. The first-order valence-corrected chi connectivity index (χ1v) is 5.94. The van der Waals surface area contributed by atoms with E-state index in [2.05, 4.69) is 34.2 Å². The predicted octanol–water partition coefficient (Wildman–Crippen LogP) is 1.95. The van der Waals surface area contributed by atoms with Crippen LogP contribution in [0, 0.1) is 0 Å². The fraction of sp³-hybridized carbons (Fsp3) is 0.636. The van der Waals surface area contributed by atoms with Crippen LogP contribution in [0.3, 0.4) is 0 Å². The van der Waals surface area contributed by atoms with Crippen LogP contribution in [0.4, 0.5) is 0 Å². The highest BCUT2D eigenvalue weighted by Gasteiger charge is 2.11. The fourth-order valence-corrected chi connectivity index (χ4v) is 1.48. The van der Waals surface area contributed by atoms with Gasteiger partial charge in [-0.2, -0.15) is 0 Å². The normalized spacial score (nSPS) is 10.9. The molecule has 0 fully saturated rings. The monoisotopic (exact) mass is 236 g/mol. The number of hydrogen-bond acceptors (Lipinski definition) is 6. The average Bonchev–Trinajstić information content (AvgIpc) is 2.91. The van der Waals surface area contributed by atoms with Gasteiger partial charge in [0.25, 0.3) is 0 Å². The third-order valence-electron chi connectivity index (χ3n) is 2.25. The van der Waals surface area contributed by atoms with E-state index in [1.807, 2.05) is 0 Å². The van der Waals surface area contributed by atoms with E-state index in [4.69, 9.17) is 8.83 Å². The molecule has 0 N–H and O–H groups in total. The molecule has 0 amide bonds. The van der Waals surface area contributed by atoms with Crippen molar-refractivity contribution >= 4 is 0 Å². The summed E-state index contributed by atoms with van der Waals surface area (Å²) in [5.41, 5.74) is 0. The van der Waals surface area contributed by atoms with Crippen molar-refractivity contribution in [1.82, 2.24) is 20.4 Å². The first-order valence-electron chi connectivity index (χ1n) is 5.94. The highest BCUT2D eigenvalue weighted by atomic mass is 16.4. The van der Waals surface area contributed by atoms with Gasteiger partial charge in [-0.3, -0.25) is 0 Å². The summed E-state index contributed by atoms with van der Waals surface area (Å²) in [6.45, 7) is 4.14. The third-order valence-corrected chi connectivity index (χ3v) is 2.25. The zero-order valence-corrected chi connectivity index (χ0v) is 10.1. The summed E-state index contributed by atoms with van der Waals surface area (Å²) in [5.74, 6) is 2.38. The van der Waals surface area contributed by atoms with Gasteiger partial charge in [-0.1, -0.05) is 13.8 Å². The summed E-state index contributed by atoms with van der Waals surface area (Å²) < 4.78 is 10.9. The van der Waals surface area contributed by atoms with E-state index in [0.717, 1.165) is 25.7 Å². The molecule has 0 aliphatic carbocycles. The molecule has 2 rings (SSSR count). The zero-order valence-electron chi connectivity index (χ0n) is 10.1. The highest BCUT2D eigenvalue weighted by molar-refractivity contribution is 4.93. The molecule has 2 aromatic heterocycles. The van der Waals surface area contributed by atoms with Gasteiger partial charge < -0.3 is 8.83 Å². The Labute approximate surface area is 99.4 Å². The smallest absolute Gasteiger partial charge is 0.225 e. The lowest BCUT2D eigenvalue weighted by Gasteiger charge is -1.89. The van der Waals surface area contributed by atoms with Gasteiger partial charge in [0.2, 0.25) is 23.6 Å². The molecule has 0 radical (unpaired) electrons. The molecule has 0 unspecified atom stereocenters. The van der Waals surface area contributed by atoms with Gasteiger partial charge in [0, 0.05) is 12.8 Å². The number of hydrogen-bond donors (Lipinski definition) is 0. The van der Waals surface area contributed by atoms with Gasteiger partial charge in [-0.15, -0.1) is 20.4 Å². The van der Waals surface area contributed by atoms with Crippen LogP contribution >= 0.6 is 0 Å². The molecule has 0 saturated heterocycles. The third kappa shape index (κ3) is 3.12. The minimum atomic E-state index is 0.410. The summed E-state index contributed by atoms with van der Waals surface area (Å²) >= 11 is 0. The number of rotatable bonds is 6. The first kappa shape index (κ1) is 11.8. The molecular weight excluding hydrogens is 220 g/mol. The van der Waals surface area contributed by atoms with Crippen LogP contribution in [-0.2, 0) is 19.3 Å². The molecule has 0 saturated carbocycles. The van der Waals surface area contributed by atoms with E-state index in [0.29, 0.717) is 30.0 Å². The number of aryl methyl sites for hydroxylation is 2. The first-order chi connectivity index (χ1) is 8.31. The lowest BCUT2D eigenvalue weighted by Crippen LogP contribution is -1.88. The molecule has 6 nitrogen and oxygen atoms in total. The van der Waals surface area contributed by atoms with Crippen molar-refractivity contribution in [2.45, 2.75) is 46.0 Å². The Hall–Kier alpha value is -1.72. The maximum atomic E-state index is 5.45. The van der Waals surface area contributed by atoms with E-state index >= 15 is 0 Å². The van der Waals surface area contributed by atoms with Gasteiger partial charge in [-0.25, -0.2) is 0 Å².